The van der Waals surface area contributed by atoms with Crippen LogP contribution in [0.5, 0.6) is 0 Å². The Balaban J connectivity index is 3.02. The van der Waals surface area contributed by atoms with Crippen molar-refractivity contribution >= 4 is 0 Å². The van der Waals surface area contributed by atoms with Gasteiger partial charge in [0.25, 0.3) is 0 Å². The number of rotatable bonds is 38. The van der Waals surface area contributed by atoms with Crippen LogP contribution in [0.25, 0.3) is 0 Å². The maximum absolute atomic E-state index is 5.64. The average Bonchev–Trinajstić information content (AvgIpc) is 2.98. The van der Waals surface area contributed by atoms with Crippen molar-refractivity contribution < 1.29 is 42.6 Å². The lowest BCUT2D eigenvalue weighted by Crippen LogP contribution is -2.15. The molecule has 0 N–H and O–H groups in total. The molecule has 0 aromatic heterocycles. The van der Waals surface area contributed by atoms with Crippen LogP contribution in [0.4, 0.5) is 0 Å². The smallest absolute Gasteiger partial charge is 0.0701 e. The first kappa shape index (κ1) is 40.6. The Morgan fingerprint density at radius 2 is 0.390 bits per heavy atom. The first-order valence-corrected chi connectivity index (χ1v) is 16.6. The molecule has 9 heteroatoms. The van der Waals surface area contributed by atoms with Crippen LogP contribution in [-0.4, -0.2) is 119 Å². The second-order valence-corrected chi connectivity index (χ2v) is 10.0. The Kier molecular flexibility index (Phi) is 39.3. The van der Waals surface area contributed by atoms with Crippen molar-refractivity contribution in [2.45, 2.75) is 90.9 Å². The van der Waals surface area contributed by atoms with E-state index in [-0.39, 0.29) is 0 Å². The van der Waals surface area contributed by atoms with E-state index in [2.05, 4.69) is 13.8 Å². The van der Waals surface area contributed by atoms with Gasteiger partial charge >= 0.3 is 0 Å². The number of hydrogen-bond acceptors (Lipinski definition) is 9. The fourth-order valence-corrected chi connectivity index (χ4v) is 3.80. The molecule has 0 fully saturated rings. The Bertz CT molecular complexity index is 405. The molecule has 0 amide bonds. The van der Waals surface area contributed by atoms with Gasteiger partial charge in [-0.05, 0) is 12.8 Å². The van der Waals surface area contributed by atoms with Gasteiger partial charge in [0.15, 0.2) is 0 Å². The molecule has 0 rings (SSSR count). The third kappa shape index (κ3) is 39.6. The van der Waals surface area contributed by atoms with E-state index in [9.17, 15) is 0 Å². The predicted molar refractivity (Wildman–Crippen MR) is 164 cm³/mol. The quantitative estimate of drug-likeness (QED) is 0.0817. The largest absolute Gasteiger partial charge is 0.379 e. The van der Waals surface area contributed by atoms with Gasteiger partial charge in [-0.25, -0.2) is 0 Å². The molecule has 0 bridgehead atoms. The van der Waals surface area contributed by atoms with Crippen LogP contribution < -0.4 is 0 Å². The molecule has 0 aromatic carbocycles. The van der Waals surface area contributed by atoms with E-state index in [1.54, 1.807) is 0 Å². The third-order valence-electron chi connectivity index (χ3n) is 6.26. The second kappa shape index (κ2) is 39.6. The summed E-state index contributed by atoms with van der Waals surface area (Å²) in [5, 5.41) is 0. The fraction of sp³-hybridized carbons (Fsp3) is 1.00. The van der Waals surface area contributed by atoms with Crippen LogP contribution in [0.2, 0.25) is 0 Å². The highest BCUT2D eigenvalue weighted by Crippen LogP contribution is 2.10. The van der Waals surface area contributed by atoms with Crippen molar-refractivity contribution in [2.24, 2.45) is 0 Å². The van der Waals surface area contributed by atoms with Crippen LogP contribution >= 0.6 is 0 Å². The monoisotopic (exact) mass is 594 g/mol. The summed E-state index contributed by atoms with van der Waals surface area (Å²) in [6.45, 7) is 15.3. The van der Waals surface area contributed by atoms with Gasteiger partial charge < -0.3 is 42.6 Å². The summed E-state index contributed by atoms with van der Waals surface area (Å²) in [5.74, 6) is 0. The highest BCUT2D eigenvalue weighted by Gasteiger charge is 1.96. The van der Waals surface area contributed by atoms with E-state index in [0.717, 1.165) is 32.5 Å². The zero-order valence-corrected chi connectivity index (χ0v) is 26.9. The molecule has 0 aliphatic rings. The lowest BCUT2D eigenvalue weighted by Gasteiger charge is -2.09. The Labute approximate surface area is 252 Å². The summed E-state index contributed by atoms with van der Waals surface area (Å²) in [6.07, 6.45) is 15.7. The highest BCUT2D eigenvalue weighted by molar-refractivity contribution is 4.47. The highest BCUT2D eigenvalue weighted by atomic mass is 16.6. The molecule has 0 heterocycles. The minimum atomic E-state index is 0.543. The summed E-state index contributed by atoms with van der Waals surface area (Å²) < 4.78 is 49.5. The van der Waals surface area contributed by atoms with Crippen LogP contribution in [0.15, 0.2) is 0 Å². The zero-order chi connectivity index (χ0) is 29.6. The number of ether oxygens (including phenoxy) is 9. The van der Waals surface area contributed by atoms with Crippen molar-refractivity contribution in [1.29, 1.82) is 0 Å². The van der Waals surface area contributed by atoms with Crippen LogP contribution in [-0.2, 0) is 42.6 Å². The first-order chi connectivity index (χ1) is 20.4. The van der Waals surface area contributed by atoms with E-state index < -0.39 is 0 Å². The summed E-state index contributed by atoms with van der Waals surface area (Å²) in [6, 6.07) is 0. The summed E-state index contributed by atoms with van der Waals surface area (Å²) >= 11 is 0. The molecule has 0 spiro atoms. The topological polar surface area (TPSA) is 83.1 Å². The van der Waals surface area contributed by atoms with Crippen molar-refractivity contribution in [1.82, 2.24) is 0 Å². The molecular formula is C32H66O9. The SMILES string of the molecule is CCCCCCCCCCCCOCCOCCOCCOCCOCCOCCOCCOCCOCCCC. The van der Waals surface area contributed by atoms with Gasteiger partial charge in [-0.3, -0.25) is 0 Å². The summed E-state index contributed by atoms with van der Waals surface area (Å²) in [5.41, 5.74) is 0. The molecular weight excluding hydrogens is 528 g/mol. The van der Waals surface area contributed by atoms with E-state index >= 15 is 0 Å². The van der Waals surface area contributed by atoms with E-state index in [0.29, 0.717) is 106 Å². The van der Waals surface area contributed by atoms with Gasteiger partial charge in [-0.15, -0.1) is 0 Å². The standard InChI is InChI=1S/C32H66O9/c1-3-5-7-8-9-10-11-12-13-14-16-34-18-20-36-22-24-38-26-28-40-30-32-41-31-29-39-27-25-37-23-21-35-19-17-33-15-6-4-2/h3-32H2,1-2H3. The fourth-order valence-electron chi connectivity index (χ4n) is 3.80. The Morgan fingerprint density at radius 1 is 0.195 bits per heavy atom. The maximum atomic E-state index is 5.64. The van der Waals surface area contributed by atoms with Crippen molar-refractivity contribution in [3.05, 3.63) is 0 Å². The molecule has 41 heavy (non-hydrogen) atoms. The Morgan fingerprint density at radius 3 is 0.659 bits per heavy atom. The molecule has 0 radical (unpaired) electrons. The van der Waals surface area contributed by atoms with Crippen LogP contribution in [0.3, 0.4) is 0 Å². The predicted octanol–water partition coefficient (Wildman–Crippen LogP) is 5.86. The molecule has 0 aliphatic heterocycles. The van der Waals surface area contributed by atoms with Gasteiger partial charge in [0, 0.05) is 13.2 Å². The minimum Gasteiger partial charge on any atom is -0.379 e. The number of hydrogen-bond donors (Lipinski definition) is 0. The van der Waals surface area contributed by atoms with E-state index in [1.807, 2.05) is 0 Å². The van der Waals surface area contributed by atoms with Gasteiger partial charge in [0.05, 0.1) is 106 Å². The van der Waals surface area contributed by atoms with E-state index in [1.165, 1.54) is 57.8 Å². The third-order valence-corrected chi connectivity index (χ3v) is 6.26. The summed E-state index contributed by atoms with van der Waals surface area (Å²) in [4.78, 5) is 0. The zero-order valence-electron chi connectivity index (χ0n) is 26.9. The molecule has 0 unspecified atom stereocenters. The number of unbranched alkanes of at least 4 members (excludes halogenated alkanes) is 10. The lowest BCUT2D eigenvalue weighted by atomic mass is 10.1. The summed E-state index contributed by atoms with van der Waals surface area (Å²) in [7, 11) is 0. The normalized spacial score (nSPS) is 11.6. The maximum Gasteiger partial charge on any atom is 0.0701 e. The van der Waals surface area contributed by atoms with Gasteiger partial charge in [-0.1, -0.05) is 78.1 Å². The molecule has 0 atom stereocenters. The minimum absolute atomic E-state index is 0.543. The van der Waals surface area contributed by atoms with Crippen LogP contribution in [0.1, 0.15) is 90.9 Å². The van der Waals surface area contributed by atoms with Gasteiger partial charge in [0.2, 0.25) is 0 Å². The average molecular weight is 595 g/mol. The first-order valence-electron chi connectivity index (χ1n) is 16.6. The molecule has 0 aliphatic carbocycles. The molecule has 9 nitrogen and oxygen atoms in total. The van der Waals surface area contributed by atoms with E-state index in [4.69, 9.17) is 42.6 Å². The molecule has 248 valence electrons. The van der Waals surface area contributed by atoms with Crippen molar-refractivity contribution in [2.75, 3.05) is 119 Å². The van der Waals surface area contributed by atoms with Crippen molar-refractivity contribution in [3.8, 4) is 0 Å². The van der Waals surface area contributed by atoms with Gasteiger partial charge in [-0.2, -0.15) is 0 Å². The lowest BCUT2D eigenvalue weighted by molar-refractivity contribution is -0.0250. The van der Waals surface area contributed by atoms with Gasteiger partial charge in [0.1, 0.15) is 0 Å². The van der Waals surface area contributed by atoms with Crippen LogP contribution in [0, 0.1) is 0 Å². The molecule has 0 aromatic rings. The second-order valence-electron chi connectivity index (χ2n) is 10.0. The van der Waals surface area contributed by atoms with Crippen molar-refractivity contribution in [3.63, 3.8) is 0 Å². The molecule has 0 saturated carbocycles. The molecule has 0 saturated heterocycles. The Hall–Kier alpha value is -0.360.